The van der Waals surface area contributed by atoms with Crippen molar-refractivity contribution in [3.8, 4) is 0 Å². The van der Waals surface area contributed by atoms with Gasteiger partial charge < -0.3 is 10.2 Å². The highest BCUT2D eigenvalue weighted by Crippen LogP contribution is 1.89. The smallest absolute Gasteiger partial charge is 0.0827 e. The summed E-state index contributed by atoms with van der Waals surface area (Å²) >= 11 is 0. The maximum Gasteiger partial charge on any atom is 0.0827 e. The Hall–Kier alpha value is -0.570. The van der Waals surface area contributed by atoms with Gasteiger partial charge in [0.05, 0.1) is 12.4 Å². The summed E-state index contributed by atoms with van der Waals surface area (Å²) in [6.07, 6.45) is 4.28. The Morgan fingerprint density at radius 3 is 2.69 bits per heavy atom. The zero-order valence-electron chi connectivity index (χ0n) is 9.38. The van der Waals surface area contributed by atoms with Gasteiger partial charge in [-0.3, -0.25) is 4.99 Å². The van der Waals surface area contributed by atoms with Crippen molar-refractivity contribution in [1.29, 1.82) is 0 Å². The van der Waals surface area contributed by atoms with Gasteiger partial charge >= 0.3 is 0 Å². The first-order chi connectivity index (χ1) is 6.16. The van der Waals surface area contributed by atoms with Crippen LogP contribution in [0.25, 0.3) is 0 Å². The molecule has 0 bridgehead atoms. The van der Waals surface area contributed by atoms with Crippen molar-refractivity contribution in [3.63, 3.8) is 0 Å². The van der Waals surface area contributed by atoms with Crippen LogP contribution in [0.4, 0.5) is 0 Å². The molecule has 0 saturated heterocycles. The number of nitrogens with zero attached hydrogens (tertiary/aromatic N) is 2. The lowest BCUT2D eigenvalue weighted by atomic mass is 10.3. The first-order valence-corrected chi connectivity index (χ1v) is 5.06. The van der Waals surface area contributed by atoms with Crippen molar-refractivity contribution in [2.45, 2.75) is 32.7 Å². The van der Waals surface area contributed by atoms with Crippen LogP contribution in [0.3, 0.4) is 0 Å². The van der Waals surface area contributed by atoms with Gasteiger partial charge in [0, 0.05) is 13.1 Å². The van der Waals surface area contributed by atoms with Crippen LogP contribution in [0.15, 0.2) is 4.99 Å². The summed E-state index contributed by atoms with van der Waals surface area (Å²) in [6.45, 7) is 6.35. The van der Waals surface area contributed by atoms with Gasteiger partial charge in [-0.05, 0) is 27.4 Å². The molecule has 0 radical (unpaired) electrons. The number of aliphatic imine (C=N–C) groups is 1. The van der Waals surface area contributed by atoms with Crippen molar-refractivity contribution in [2.24, 2.45) is 4.99 Å². The first-order valence-electron chi connectivity index (χ1n) is 5.06. The normalized spacial score (nSPS) is 13.9. The molecule has 3 heteroatoms. The topological polar surface area (TPSA) is 27.6 Å². The van der Waals surface area contributed by atoms with E-state index in [4.69, 9.17) is 0 Å². The second-order valence-electron chi connectivity index (χ2n) is 3.70. The molecule has 0 heterocycles. The number of hydrogen-bond donors (Lipinski definition) is 1. The van der Waals surface area contributed by atoms with Crippen LogP contribution in [0.5, 0.6) is 0 Å². The Bertz CT molecular complexity index is 132. The minimum absolute atomic E-state index is 0.379. The Morgan fingerprint density at radius 2 is 2.15 bits per heavy atom. The fraction of sp³-hybridized carbons (Fsp3) is 0.900. The molecule has 0 aliphatic heterocycles. The minimum atomic E-state index is 0.379. The van der Waals surface area contributed by atoms with E-state index >= 15 is 0 Å². The van der Waals surface area contributed by atoms with E-state index in [0.717, 1.165) is 13.1 Å². The van der Waals surface area contributed by atoms with Crippen LogP contribution in [0.2, 0.25) is 0 Å². The highest BCUT2D eigenvalue weighted by molar-refractivity contribution is 5.54. The molecule has 1 atom stereocenters. The summed E-state index contributed by atoms with van der Waals surface area (Å²) in [6, 6.07) is 0.379. The maximum atomic E-state index is 4.36. The fourth-order valence-electron chi connectivity index (χ4n) is 1.10. The van der Waals surface area contributed by atoms with Crippen molar-refractivity contribution in [1.82, 2.24) is 10.2 Å². The summed E-state index contributed by atoms with van der Waals surface area (Å²) in [5, 5.41) is 3.18. The molecule has 0 aromatic rings. The van der Waals surface area contributed by atoms with Gasteiger partial charge in [0.2, 0.25) is 0 Å². The molecule has 0 fully saturated rings. The van der Waals surface area contributed by atoms with Crippen LogP contribution in [-0.2, 0) is 0 Å². The van der Waals surface area contributed by atoms with Crippen LogP contribution in [0.1, 0.15) is 26.7 Å². The summed E-state index contributed by atoms with van der Waals surface area (Å²) in [5.74, 6) is 0. The predicted octanol–water partition coefficient (Wildman–Crippen LogP) is 1.35. The highest BCUT2D eigenvalue weighted by atomic mass is 15.1. The second-order valence-corrected chi connectivity index (χ2v) is 3.70. The van der Waals surface area contributed by atoms with E-state index in [1.807, 2.05) is 6.34 Å². The molecule has 0 spiro atoms. The van der Waals surface area contributed by atoms with Crippen LogP contribution in [0, 0.1) is 0 Å². The van der Waals surface area contributed by atoms with Gasteiger partial charge in [0.1, 0.15) is 0 Å². The highest BCUT2D eigenvalue weighted by Gasteiger charge is 1.97. The molecule has 0 aliphatic carbocycles. The second kappa shape index (κ2) is 8.05. The van der Waals surface area contributed by atoms with E-state index in [2.05, 4.69) is 43.2 Å². The number of likely N-dealkylation sites (N-methyl/N-ethyl adjacent to an activating group) is 1. The molecular formula is C10H23N3. The van der Waals surface area contributed by atoms with Crippen molar-refractivity contribution in [3.05, 3.63) is 0 Å². The number of unbranched alkanes of at least 4 members (excludes halogenated alkanes) is 1. The van der Waals surface area contributed by atoms with E-state index in [1.165, 1.54) is 12.8 Å². The monoisotopic (exact) mass is 185 g/mol. The van der Waals surface area contributed by atoms with Crippen LogP contribution >= 0.6 is 0 Å². The molecule has 0 saturated carbocycles. The maximum absolute atomic E-state index is 4.36. The molecule has 1 unspecified atom stereocenters. The van der Waals surface area contributed by atoms with E-state index in [0.29, 0.717) is 6.04 Å². The molecule has 0 rings (SSSR count). The molecular weight excluding hydrogens is 162 g/mol. The summed E-state index contributed by atoms with van der Waals surface area (Å²) in [5.41, 5.74) is 0. The largest absolute Gasteiger partial charge is 0.376 e. The SMILES string of the molecule is CCCCN/C=N/C(C)CN(C)C. The number of rotatable bonds is 7. The summed E-state index contributed by atoms with van der Waals surface area (Å²) in [7, 11) is 4.13. The summed E-state index contributed by atoms with van der Waals surface area (Å²) < 4.78 is 0. The molecule has 0 amide bonds. The summed E-state index contributed by atoms with van der Waals surface area (Å²) in [4.78, 5) is 6.51. The van der Waals surface area contributed by atoms with Crippen LogP contribution in [-0.4, -0.2) is 44.5 Å². The third kappa shape index (κ3) is 9.34. The lowest BCUT2D eigenvalue weighted by Gasteiger charge is -2.12. The third-order valence-corrected chi connectivity index (χ3v) is 1.72. The molecule has 3 nitrogen and oxygen atoms in total. The van der Waals surface area contributed by atoms with Gasteiger partial charge in [0.15, 0.2) is 0 Å². The van der Waals surface area contributed by atoms with E-state index in [9.17, 15) is 0 Å². The third-order valence-electron chi connectivity index (χ3n) is 1.72. The van der Waals surface area contributed by atoms with Gasteiger partial charge in [0.25, 0.3) is 0 Å². The number of hydrogen-bond acceptors (Lipinski definition) is 2. The molecule has 78 valence electrons. The van der Waals surface area contributed by atoms with Gasteiger partial charge in [-0.25, -0.2) is 0 Å². The Morgan fingerprint density at radius 1 is 1.46 bits per heavy atom. The molecule has 13 heavy (non-hydrogen) atoms. The fourth-order valence-corrected chi connectivity index (χ4v) is 1.10. The van der Waals surface area contributed by atoms with Crippen molar-refractivity contribution >= 4 is 6.34 Å². The number of nitrogens with one attached hydrogen (secondary N) is 1. The lowest BCUT2D eigenvalue weighted by Crippen LogP contribution is -2.23. The molecule has 0 aromatic heterocycles. The quantitative estimate of drug-likeness (QED) is 0.368. The van der Waals surface area contributed by atoms with Gasteiger partial charge in [-0.1, -0.05) is 13.3 Å². The Kier molecular flexibility index (Phi) is 7.69. The standard InChI is InChI=1S/C10H23N3/c1-5-6-7-11-9-12-10(2)8-13(3)4/h9-10H,5-8H2,1-4H3,(H,11,12). The minimum Gasteiger partial charge on any atom is -0.376 e. The zero-order valence-corrected chi connectivity index (χ0v) is 9.38. The van der Waals surface area contributed by atoms with E-state index in [-0.39, 0.29) is 0 Å². The molecule has 0 aromatic carbocycles. The van der Waals surface area contributed by atoms with Crippen molar-refractivity contribution < 1.29 is 0 Å². The van der Waals surface area contributed by atoms with Gasteiger partial charge in [-0.2, -0.15) is 0 Å². The predicted molar refractivity (Wildman–Crippen MR) is 59.4 cm³/mol. The Balaban J connectivity index is 3.36. The lowest BCUT2D eigenvalue weighted by molar-refractivity contribution is 0.384. The van der Waals surface area contributed by atoms with Gasteiger partial charge in [-0.15, -0.1) is 0 Å². The zero-order chi connectivity index (χ0) is 10.1. The van der Waals surface area contributed by atoms with E-state index < -0.39 is 0 Å². The van der Waals surface area contributed by atoms with Crippen LogP contribution < -0.4 is 5.32 Å². The van der Waals surface area contributed by atoms with Crippen molar-refractivity contribution in [2.75, 3.05) is 27.2 Å². The Labute approximate surface area is 82.2 Å². The van der Waals surface area contributed by atoms with E-state index in [1.54, 1.807) is 0 Å². The molecule has 0 aliphatic rings. The average molecular weight is 185 g/mol. The first kappa shape index (κ1) is 12.4. The average Bonchev–Trinajstić information content (AvgIpc) is 2.02. The molecule has 1 N–H and O–H groups in total.